The number of benzene rings is 2. The number of para-hydroxylation sites is 1. The minimum Gasteiger partial charge on any atom is -0.497 e. The first-order valence-corrected chi connectivity index (χ1v) is 9.13. The fraction of sp³-hybridized carbons (Fsp3) is 0.250. The van der Waals surface area contributed by atoms with Crippen LogP contribution in [0.2, 0.25) is 0 Å². The van der Waals surface area contributed by atoms with Gasteiger partial charge < -0.3 is 15.2 Å². The largest absolute Gasteiger partial charge is 0.497 e. The number of allylic oxidation sites excluding steroid dienone is 1. The minimum atomic E-state index is -0.901. The Bertz CT molecular complexity index is 783. The summed E-state index contributed by atoms with van der Waals surface area (Å²) in [5.41, 5.74) is 1.94. The van der Waals surface area contributed by atoms with E-state index in [-0.39, 0.29) is 0 Å². The number of anilines is 1. The lowest BCUT2D eigenvalue weighted by atomic mass is 10.2. The van der Waals surface area contributed by atoms with Gasteiger partial charge in [-0.05, 0) is 24.3 Å². The third kappa shape index (κ3) is 4.06. The van der Waals surface area contributed by atoms with Crippen molar-refractivity contribution in [2.24, 2.45) is 0 Å². The van der Waals surface area contributed by atoms with Crippen molar-refractivity contribution in [2.75, 3.05) is 18.2 Å². The van der Waals surface area contributed by atoms with E-state index in [1.165, 1.54) is 0 Å². The van der Waals surface area contributed by atoms with Gasteiger partial charge in [-0.2, -0.15) is 4.58 Å². The molecule has 0 saturated heterocycles. The third-order valence-corrected chi connectivity index (χ3v) is 5.38. The van der Waals surface area contributed by atoms with Crippen LogP contribution in [0.25, 0.3) is 0 Å². The van der Waals surface area contributed by atoms with E-state index in [0.29, 0.717) is 12.2 Å². The summed E-state index contributed by atoms with van der Waals surface area (Å²) in [5, 5.41) is 15.2. The summed E-state index contributed by atoms with van der Waals surface area (Å²) >= 11 is 1.67. The van der Waals surface area contributed by atoms with Crippen LogP contribution < -0.4 is 10.1 Å². The van der Waals surface area contributed by atoms with Gasteiger partial charge in [-0.15, -0.1) is 0 Å². The minimum absolute atomic E-state index is 0.632. The molecule has 0 fully saturated rings. The van der Waals surface area contributed by atoms with E-state index in [2.05, 4.69) is 11.9 Å². The van der Waals surface area contributed by atoms with Gasteiger partial charge in [0.15, 0.2) is 0 Å². The molecule has 0 bridgehead atoms. The molecule has 2 aromatic rings. The van der Waals surface area contributed by atoms with Crippen molar-refractivity contribution < 1.29 is 14.4 Å². The van der Waals surface area contributed by atoms with Crippen molar-refractivity contribution in [3.63, 3.8) is 0 Å². The van der Waals surface area contributed by atoms with Crippen molar-refractivity contribution >= 4 is 28.2 Å². The molecule has 0 saturated carbocycles. The normalized spacial score (nSPS) is 19.8. The molecule has 0 spiro atoms. The van der Waals surface area contributed by atoms with Gasteiger partial charge in [0.2, 0.25) is 10.7 Å². The number of nitrogens with zero attached hydrogens (tertiary/aromatic N) is 1. The number of hydrogen-bond acceptors (Lipinski definition) is 4. The molecule has 5 heteroatoms. The lowest BCUT2D eigenvalue weighted by molar-refractivity contribution is -0.575. The maximum absolute atomic E-state index is 10.8. The van der Waals surface area contributed by atoms with E-state index in [4.69, 9.17) is 4.74 Å². The van der Waals surface area contributed by atoms with Crippen molar-refractivity contribution in [1.29, 1.82) is 0 Å². The molecular weight excluding hydrogens is 332 g/mol. The van der Waals surface area contributed by atoms with Crippen LogP contribution in [-0.2, 0) is 0 Å². The van der Waals surface area contributed by atoms with Crippen LogP contribution in [0.3, 0.4) is 0 Å². The highest BCUT2D eigenvalue weighted by atomic mass is 32.2. The topological polar surface area (TPSA) is 44.5 Å². The lowest BCUT2D eigenvalue weighted by Crippen LogP contribution is -2.36. The lowest BCUT2D eigenvalue weighted by Gasteiger charge is -2.15. The standard InChI is InChI=1S/C20H23N2O2S/c1-15(21-16-9-11-18(24-3)12-10-16)13-19-22(20(2,23)14-25-19)17-7-5-4-6-8-17/h4-12,21,23H,1,13-14H2,2-3H3/q+1/t20-/m1/s1. The Morgan fingerprint density at radius 1 is 1.24 bits per heavy atom. The second-order valence-electron chi connectivity index (χ2n) is 6.20. The predicted molar refractivity (Wildman–Crippen MR) is 105 cm³/mol. The summed E-state index contributed by atoms with van der Waals surface area (Å²) in [4.78, 5) is 0. The number of thioether (sulfide) groups is 1. The van der Waals surface area contributed by atoms with E-state index < -0.39 is 5.72 Å². The van der Waals surface area contributed by atoms with Gasteiger partial charge in [0.25, 0.3) is 5.72 Å². The number of rotatable bonds is 6. The first-order chi connectivity index (χ1) is 12.0. The number of ether oxygens (including phenoxy) is 1. The van der Waals surface area contributed by atoms with Crippen molar-refractivity contribution in [2.45, 2.75) is 19.1 Å². The van der Waals surface area contributed by atoms with Crippen molar-refractivity contribution in [3.8, 4) is 5.75 Å². The van der Waals surface area contributed by atoms with E-state index in [9.17, 15) is 5.11 Å². The van der Waals surface area contributed by atoms with Gasteiger partial charge in [-0.25, -0.2) is 0 Å². The summed E-state index contributed by atoms with van der Waals surface area (Å²) in [6.07, 6.45) is 0.655. The molecule has 1 atom stereocenters. The van der Waals surface area contributed by atoms with Gasteiger partial charge in [0.1, 0.15) is 5.75 Å². The number of methoxy groups -OCH3 is 1. The van der Waals surface area contributed by atoms with Crippen LogP contribution in [-0.4, -0.2) is 33.3 Å². The van der Waals surface area contributed by atoms with Gasteiger partial charge >= 0.3 is 0 Å². The van der Waals surface area contributed by atoms with Gasteiger partial charge in [0, 0.05) is 30.4 Å². The van der Waals surface area contributed by atoms with E-state index in [0.717, 1.165) is 27.9 Å². The quantitative estimate of drug-likeness (QED) is 0.762. The first kappa shape index (κ1) is 17.6. The second kappa shape index (κ2) is 7.33. The van der Waals surface area contributed by atoms with Crippen LogP contribution in [0.15, 0.2) is 66.9 Å². The molecule has 0 amide bonds. The molecule has 1 heterocycles. The Balaban J connectivity index is 1.78. The van der Waals surface area contributed by atoms with E-state index in [1.54, 1.807) is 18.9 Å². The maximum Gasteiger partial charge on any atom is 0.277 e. The van der Waals surface area contributed by atoms with Crippen LogP contribution >= 0.6 is 11.8 Å². The molecule has 3 rings (SSSR count). The molecule has 0 radical (unpaired) electrons. The monoisotopic (exact) mass is 355 g/mol. The van der Waals surface area contributed by atoms with Crippen molar-refractivity contribution in [1.82, 2.24) is 0 Å². The van der Waals surface area contributed by atoms with E-state index >= 15 is 0 Å². The van der Waals surface area contributed by atoms with Crippen molar-refractivity contribution in [3.05, 3.63) is 66.9 Å². The summed E-state index contributed by atoms with van der Waals surface area (Å²) in [7, 11) is 1.65. The summed E-state index contributed by atoms with van der Waals surface area (Å²) in [5.74, 6) is 1.45. The highest BCUT2D eigenvalue weighted by Crippen LogP contribution is 2.34. The summed E-state index contributed by atoms with van der Waals surface area (Å²) in [6.45, 7) is 5.99. The molecule has 130 valence electrons. The molecule has 0 aromatic heterocycles. The van der Waals surface area contributed by atoms with Crippen LogP contribution in [0.4, 0.5) is 11.4 Å². The zero-order valence-electron chi connectivity index (χ0n) is 14.5. The Kier molecular flexibility index (Phi) is 5.16. The zero-order valence-corrected chi connectivity index (χ0v) is 15.3. The first-order valence-electron chi connectivity index (χ1n) is 8.15. The van der Waals surface area contributed by atoms with Gasteiger partial charge in [-0.1, -0.05) is 36.5 Å². The van der Waals surface area contributed by atoms with Crippen LogP contribution in [0, 0.1) is 0 Å². The second-order valence-corrected chi connectivity index (χ2v) is 7.25. The average Bonchev–Trinajstić information content (AvgIpc) is 2.90. The molecule has 0 unspecified atom stereocenters. The Morgan fingerprint density at radius 3 is 2.56 bits per heavy atom. The Morgan fingerprint density at radius 2 is 1.92 bits per heavy atom. The highest BCUT2D eigenvalue weighted by molar-refractivity contribution is 8.14. The fourth-order valence-corrected chi connectivity index (χ4v) is 4.13. The molecule has 2 N–H and O–H groups in total. The van der Waals surface area contributed by atoms with Crippen LogP contribution in [0.5, 0.6) is 5.75 Å². The SMILES string of the molecule is C=C(CC1=[N+](c2ccccc2)[C@](C)(O)CS1)Nc1ccc(OC)cc1. The van der Waals surface area contributed by atoms with Crippen LogP contribution in [0.1, 0.15) is 13.3 Å². The Hall–Kier alpha value is -2.24. The van der Waals surface area contributed by atoms with E-state index in [1.807, 2.05) is 66.1 Å². The summed E-state index contributed by atoms with van der Waals surface area (Å²) < 4.78 is 7.17. The third-order valence-electron chi connectivity index (χ3n) is 4.03. The molecule has 2 aromatic carbocycles. The molecule has 1 aliphatic rings. The molecule has 25 heavy (non-hydrogen) atoms. The zero-order chi connectivity index (χ0) is 17.9. The maximum atomic E-state index is 10.8. The van der Waals surface area contributed by atoms with Gasteiger partial charge in [-0.3, -0.25) is 0 Å². The molecule has 1 aliphatic heterocycles. The highest BCUT2D eigenvalue weighted by Gasteiger charge is 2.44. The Labute approximate surface area is 152 Å². The number of nitrogens with one attached hydrogen (secondary N) is 1. The average molecular weight is 355 g/mol. The predicted octanol–water partition coefficient (Wildman–Crippen LogP) is 4.21. The molecule has 0 aliphatic carbocycles. The number of aliphatic hydroxyl groups is 1. The fourth-order valence-electron chi connectivity index (χ4n) is 2.85. The molecule has 4 nitrogen and oxygen atoms in total. The van der Waals surface area contributed by atoms with Gasteiger partial charge in [0.05, 0.1) is 19.3 Å². The smallest absolute Gasteiger partial charge is 0.277 e. The number of hydrogen-bond donors (Lipinski definition) is 2. The molecular formula is C20H23N2O2S+. The summed E-state index contributed by atoms with van der Waals surface area (Å²) in [6, 6.07) is 17.7.